The fourth-order valence-electron chi connectivity index (χ4n) is 2.79. The number of carbonyl (C=O) groups is 1. The van der Waals surface area contributed by atoms with Crippen LogP contribution in [0.3, 0.4) is 0 Å². The van der Waals surface area contributed by atoms with Crippen LogP contribution < -0.4 is 17.2 Å². The van der Waals surface area contributed by atoms with Crippen LogP contribution in [0.25, 0.3) is 0 Å². The molecule has 1 aliphatic rings. The average Bonchev–Trinajstić information content (AvgIpc) is 2.59. The minimum atomic E-state index is -1.27. The minimum absolute atomic E-state index is 0.0657. The summed E-state index contributed by atoms with van der Waals surface area (Å²) in [5.41, 5.74) is 16.3. The number of benzene rings is 1. The molecule has 0 saturated carbocycles. The molecule has 1 fully saturated rings. The molecule has 0 aliphatic carbocycles. The number of nitrogens with zero attached hydrogens (tertiary/aromatic N) is 3. The van der Waals surface area contributed by atoms with Crippen LogP contribution >= 0.6 is 0 Å². The van der Waals surface area contributed by atoms with Gasteiger partial charge < -0.3 is 27.0 Å². The van der Waals surface area contributed by atoms with E-state index in [0.717, 1.165) is 6.07 Å². The Kier molecular flexibility index (Phi) is 6.61. The van der Waals surface area contributed by atoms with Gasteiger partial charge in [0.05, 0.1) is 0 Å². The van der Waals surface area contributed by atoms with Crippen molar-refractivity contribution in [3.63, 3.8) is 0 Å². The van der Waals surface area contributed by atoms with Crippen molar-refractivity contribution in [3.05, 3.63) is 35.1 Å². The molecule has 1 heterocycles. The van der Waals surface area contributed by atoms with Crippen LogP contribution in [0.15, 0.2) is 17.1 Å². The number of nitrogens with two attached hydrogens (primary N) is 3. The van der Waals surface area contributed by atoms with Gasteiger partial charge in [0.1, 0.15) is 5.82 Å². The molecule has 0 aromatic heterocycles. The molecular weight excluding hydrogens is 363 g/mol. The second kappa shape index (κ2) is 8.71. The first kappa shape index (κ1) is 20.5. The fourth-order valence-corrected chi connectivity index (χ4v) is 2.79. The third kappa shape index (κ3) is 5.58. The lowest BCUT2D eigenvalue weighted by Crippen LogP contribution is -2.51. The average molecular weight is 385 g/mol. The summed E-state index contributed by atoms with van der Waals surface area (Å²) in [6.45, 7) is 1.48. The smallest absolute Gasteiger partial charge is 0.224 e. The SMILES string of the molecule is N=C(N=C(N)N)N1CCN(C(=O)C[C@H](N)Cc2cc(F)c(F)cc2F)CC1. The van der Waals surface area contributed by atoms with Crippen molar-refractivity contribution < 1.29 is 18.0 Å². The van der Waals surface area contributed by atoms with E-state index in [1.807, 2.05) is 0 Å². The van der Waals surface area contributed by atoms with Crippen molar-refractivity contribution in [2.24, 2.45) is 22.2 Å². The molecule has 11 heteroatoms. The summed E-state index contributed by atoms with van der Waals surface area (Å²) in [6, 6.07) is 0.474. The first-order valence-electron chi connectivity index (χ1n) is 8.27. The van der Waals surface area contributed by atoms with E-state index in [0.29, 0.717) is 32.2 Å². The number of rotatable bonds is 4. The van der Waals surface area contributed by atoms with E-state index in [1.165, 1.54) is 0 Å². The van der Waals surface area contributed by atoms with Gasteiger partial charge in [-0.25, -0.2) is 13.2 Å². The highest BCUT2D eigenvalue weighted by Gasteiger charge is 2.24. The molecule has 1 atom stereocenters. The van der Waals surface area contributed by atoms with E-state index in [-0.39, 0.29) is 36.2 Å². The molecule has 1 aromatic rings. The molecule has 1 saturated heterocycles. The lowest BCUT2D eigenvalue weighted by Gasteiger charge is -2.35. The van der Waals surface area contributed by atoms with Crippen molar-refractivity contribution in [1.82, 2.24) is 9.80 Å². The van der Waals surface area contributed by atoms with E-state index in [4.69, 9.17) is 22.6 Å². The van der Waals surface area contributed by atoms with Crippen LogP contribution in [-0.2, 0) is 11.2 Å². The zero-order valence-corrected chi connectivity index (χ0v) is 14.6. The number of carbonyl (C=O) groups excluding carboxylic acids is 1. The van der Waals surface area contributed by atoms with Crippen LogP contribution in [0.1, 0.15) is 12.0 Å². The Morgan fingerprint density at radius 3 is 2.22 bits per heavy atom. The second-order valence-corrected chi connectivity index (χ2v) is 6.25. The molecule has 2 rings (SSSR count). The van der Waals surface area contributed by atoms with Crippen LogP contribution in [0.2, 0.25) is 0 Å². The lowest BCUT2D eigenvalue weighted by atomic mass is 10.0. The summed E-state index contributed by atoms with van der Waals surface area (Å²) in [7, 11) is 0. The van der Waals surface area contributed by atoms with Gasteiger partial charge in [-0.1, -0.05) is 0 Å². The largest absolute Gasteiger partial charge is 0.370 e. The van der Waals surface area contributed by atoms with Gasteiger partial charge in [0.25, 0.3) is 0 Å². The quantitative estimate of drug-likeness (QED) is 0.321. The minimum Gasteiger partial charge on any atom is -0.370 e. The van der Waals surface area contributed by atoms with Crippen LogP contribution in [0.4, 0.5) is 13.2 Å². The molecule has 0 bridgehead atoms. The Morgan fingerprint density at radius 1 is 1.07 bits per heavy atom. The van der Waals surface area contributed by atoms with Gasteiger partial charge >= 0.3 is 0 Å². The number of halogens is 3. The predicted molar refractivity (Wildman–Crippen MR) is 94.3 cm³/mol. The molecule has 27 heavy (non-hydrogen) atoms. The number of nitrogens with one attached hydrogen (secondary N) is 1. The Hall–Kier alpha value is -2.82. The Labute approximate surface area is 154 Å². The van der Waals surface area contributed by atoms with Crippen molar-refractivity contribution in [3.8, 4) is 0 Å². The first-order valence-corrected chi connectivity index (χ1v) is 8.27. The maximum Gasteiger partial charge on any atom is 0.224 e. The standard InChI is InChI=1S/C16H22F3N7O/c17-11-8-13(19)12(18)6-9(11)5-10(20)7-14(27)25-1-3-26(4-2-25)16(23)24-15(21)22/h6,8,10H,1-5,7,20H2,(H5,21,22,23,24)/t10-/m1/s1. The van der Waals surface area contributed by atoms with Gasteiger partial charge in [-0.3, -0.25) is 10.2 Å². The zero-order valence-electron chi connectivity index (χ0n) is 14.6. The molecule has 7 N–H and O–H groups in total. The van der Waals surface area contributed by atoms with Crippen LogP contribution in [0, 0.1) is 22.9 Å². The van der Waals surface area contributed by atoms with E-state index in [1.54, 1.807) is 9.80 Å². The summed E-state index contributed by atoms with van der Waals surface area (Å²) in [6.07, 6.45) is -0.159. The number of hydrogen-bond acceptors (Lipinski definition) is 3. The van der Waals surface area contributed by atoms with Crippen molar-refractivity contribution >= 4 is 17.8 Å². The molecule has 0 radical (unpaired) electrons. The number of piperazine rings is 1. The Morgan fingerprint density at radius 2 is 1.63 bits per heavy atom. The molecule has 148 valence electrons. The van der Waals surface area contributed by atoms with Crippen LogP contribution in [-0.4, -0.2) is 59.8 Å². The molecule has 1 aliphatic heterocycles. The number of hydrogen-bond donors (Lipinski definition) is 4. The molecule has 0 spiro atoms. The van der Waals surface area contributed by atoms with E-state index < -0.39 is 23.5 Å². The van der Waals surface area contributed by atoms with Gasteiger partial charge in [-0.2, -0.15) is 4.99 Å². The summed E-state index contributed by atoms with van der Waals surface area (Å²) >= 11 is 0. The van der Waals surface area contributed by atoms with E-state index >= 15 is 0 Å². The molecule has 0 unspecified atom stereocenters. The van der Waals surface area contributed by atoms with E-state index in [9.17, 15) is 18.0 Å². The molecule has 1 aromatic carbocycles. The van der Waals surface area contributed by atoms with Crippen molar-refractivity contribution in [2.75, 3.05) is 26.2 Å². The monoisotopic (exact) mass is 385 g/mol. The maximum atomic E-state index is 13.7. The van der Waals surface area contributed by atoms with Gasteiger partial charge in [0.2, 0.25) is 11.9 Å². The van der Waals surface area contributed by atoms with Gasteiger partial charge in [0.15, 0.2) is 17.6 Å². The summed E-state index contributed by atoms with van der Waals surface area (Å²) in [5, 5.41) is 7.74. The third-order valence-electron chi connectivity index (χ3n) is 4.18. The van der Waals surface area contributed by atoms with Crippen LogP contribution in [0.5, 0.6) is 0 Å². The normalized spacial score (nSPS) is 15.4. The third-order valence-corrected chi connectivity index (χ3v) is 4.18. The first-order chi connectivity index (χ1) is 12.7. The van der Waals surface area contributed by atoms with E-state index in [2.05, 4.69) is 4.99 Å². The van der Waals surface area contributed by atoms with Gasteiger partial charge in [-0.05, 0) is 18.1 Å². The zero-order chi connectivity index (χ0) is 20.1. The van der Waals surface area contributed by atoms with Crippen molar-refractivity contribution in [1.29, 1.82) is 5.41 Å². The number of aliphatic imine (C=N–C) groups is 1. The predicted octanol–water partition coefficient (Wildman–Crippen LogP) is -0.284. The second-order valence-electron chi connectivity index (χ2n) is 6.25. The number of guanidine groups is 2. The Balaban J connectivity index is 1.86. The highest BCUT2D eigenvalue weighted by Crippen LogP contribution is 2.16. The molecular formula is C16H22F3N7O. The summed E-state index contributed by atoms with van der Waals surface area (Å²) in [4.78, 5) is 19.2. The van der Waals surface area contributed by atoms with Crippen molar-refractivity contribution in [2.45, 2.75) is 18.9 Å². The number of amides is 1. The van der Waals surface area contributed by atoms with Gasteiger partial charge in [-0.15, -0.1) is 0 Å². The maximum absolute atomic E-state index is 13.7. The highest BCUT2D eigenvalue weighted by molar-refractivity contribution is 5.91. The fraction of sp³-hybridized carbons (Fsp3) is 0.438. The summed E-state index contributed by atoms with van der Waals surface area (Å²) < 4.78 is 39.9. The molecule has 8 nitrogen and oxygen atoms in total. The highest BCUT2D eigenvalue weighted by atomic mass is 19.2. The summed E-state index contributed by atoms with van der Waals surface area (Å²) in [5.74, 6) is -3.86. The topological polar surface area (TPSA) is 138 Å². The molecule has 1 amide bonds. The Bertz CT molecular complexity index is 744. The lowest BCUT2D eigenvalue weighted by molar-refractivity contribution is -0.132. The van der Waals surface area contributed by atoms with Gasteiger partial charge in [0, 0.05) is 44.7 Å².